The van der Waals surface area contributed by atoms with E-state index in [9.17, 15) is 9.59 Å². The van der Waals surface area contributed by atoms with Gasteiger partial charge in [-0.3, -0.25) is 10.1 Å². The van der Waals surface area contributed by atoms with E-state index in [-0.39, 0.29) is 12.5 Å². The lowest BCUT2D eigenvalue weighted by molar-refractivity contribution is -0.123. The van der Waals surface area contributed by atoms with Crippen LogP contribution in [-0.2, 0) is 16.1 Å². The van der Waals surface area contributed by atoms with Crippen LogP contribution >= 0.6 is 23.2 Å². The van der Waals surface area contributed by atoms with Gasteiger partial charge in [0.25, 0.3) is 5.91 Å². The fourth-order valence-electron chi connectivity index (χ4n) is 1.84. The number of methoxy groups -OCH3 is 1. The third kappa shape index (κ3) is 6.17. The highest BCUT2D eigenvalue weighted by Gasteiger charge is 2.05. The number of rotatable bonds is 6. The van der Waals surface area contributed by atoms with Crippen LogP contribution in [0.5, 0.6) is 5.75 Å². The molecule has 132 valence electrons. The van der Waals surface area contributed by atoms with Crippen LogP contribution < -0.4 is 15.4 Å². The van der Waals surface area contributed by atoms with E-state index < -0.39 is 6.09 Å². The van der Waals surface area contributed by atoms with Gasteiger partial charge in [-0.05, 0) is 29.8 Å². The zero-order valence-electron chi connectivity index (χ0n) is 13.3. The first kappa shape index (κ1) is 18.9. The number of carbonyl (C=O) groups excluding carboxylic acids is 2. The molecule has 2 aromatic carbocycles. The lowest BCUT2D eigenvalue weighted by Crippen LogP contribution is -2.28. The number of anilines is 1. The van der Waals surface area contributed by atoms with Gasteiger partial charge in [-0.2, -0.15) is 0 Å². The molecule has 0 fully saturated rings. The number of amides is 2. The molecule has 0 atom stereocenters. The number of hydrogen-bond donors (Lipinski definition) is 2. The summed E-state index contributed by atoms with van der Waals surface area (Å²) in [5.41, 5.74) is 1.48. The summed E-state index contributed by atoms with van der Waals surface area (Å²) in [5.74, 6) is 0.186. The van der Waals surface area contributed by atoms with E-state index >= 15 is 0 Å². The summed E-state index contributed by atoms with van der Waals surface area (Å²) in [7, 11) is 1.29. The van der Waals surface area contributed by atoms with E-state index in [1.165, 1.54) is 7.11 Å². The Labute approximate surface area is 155 Å². The van der Waals surface area contributed by atoms with Crippen molar-refractivity contribution >= 4 is 40.9 Å². The standard InChI is InChI=1S/C17H16Cl2N2O4/c1-24-17(23)21-12-4-2-11(3-5-12)9-20-16(22)10-25-13-6-7-14(18)15(19)8-13/h2-8H,9-10H2,1H3,(H,20,22)(H,21,23). The van der Waals surface area contributed by atoms with Crippen molar-refractivity contribution in [2.75, 3.05) is 19.0 Å². The topological polar surface area (TPSA) is 76.7 Å². The van der Waals surface area contributed by atoms with Gasteiger partial charge < -0.3 is 14.8 Å². The van der Waals surface area contributed by atoms with Crippen LogP contribution in [0.15, 0.2) is 42.5 Å². The Morgan fingerprint density at radius 1 is 1.04 bits per heavy atom. The van der Waals surface area contributed by atoms with E-state index in [1.807, 2.05) is 0 Å². The maximum absolute atomic E-state index is 11.8. The molecule has 25 heavy (non-hydrogen) atoms. The second-order valence-electron chi connectivity index (χ2n) is 4.95. The molecule has 0 saturated carbocycles. The highest BCUT2D eigenvalue weighted by molar-refractivity contribution is 6.42. The number of carbonyl (C=O) groups is 2. The van der Waals surface area contributed by atoms with Gasteiger partial charge in [-0.15, -0.1) is 0 Å². The molecule has 0 spiro atoms. The molecule has 2 N–H and O–H groups in total. The number of benzene rings is 2. The number of hydrogen-bond acceptors (Lipinski definition) is 4. The van der Waals surface area contributed by atoms with Crippen LogP contribution in [0.3, 0.4) is 0 Å². The molecule has 0 aromatic heterocycles. The highest BCUT2D eigenvalue weighted by Crippen LogP contribution is 2.26. The highest BCUT2D eigenvalue weighted by atomic mass is 35.5. The molecule has 0 radical (unpaired) electrons. The van der Waals surface area contributed by atoms with Crippen LogP contribution in [0.2, 0.25) is 10.0 Å². The van der Waals surface area contributed by atoms with Gasteiger partial charge in [0.15, 0.2) is 6.61 Å². The predicted molar refractivity (Wildman–Crippen MR) is 96.3 cm³/mol. The largest absolute Gasteiger partial charge is 0.484 e. The van der Waals surface area contributed by atoms with Crippen LogP contribution in [0.1, 0.15) is 5.56 Å². The summed E-state index contributed by atoms with van der Waals surface area (Å²) in [6, 6.07) is 11.8. The van der Waals surface area contributed by atoms with Gasteiger partial charge in [-0.1, -0.05) is 35.3 Å². The molecular weight excluding hydrogens is 367 g/mol. The van der Waals surface area contributed by atoms with Gasteiger partial charge in [0.1, 0.15) is 5.75 Å². The third-order valence-electron chi connectivity index (χ3n) is 3.14. The van der Waals surface area contributed by atoms with Gasteiger partial charge >= 0.3 is 6.09 Å². The monoisotopic (exact) mass is 382 g/mol. The van der Waals surface area contributed by atoms with Gasteiger partial charge in [0, 0.05) is 18.3 Å². The summed E-state index contributed by atoms with van der Waals surface area (Å²) >= 11 is 11.7. The van der Waals surface area contributed by atoms with Gasteiger partial charge in [0.05, 0.1) is 17.2 Å². The zero-order valence-corrected chi connectivity index (χ0v) is 14.9. The van der Waals surface area contributed by atoms with Crippen molar-refractivity contribution in [2.45, 2.75) is 6.54 Å². The van der Waals surface area contributed by atoms with E-state index in [2.05, 4.69) is 15.4 Å². The van der Waals surface area contributed by atoms with E-state index in [0.29, 0.717) is 28.0 Å². The second kappa shape index (κ2) is 9.15. The van der Waals surface area contributed by atoms with Crippen LogP contribution in [0, 0.1) is 0 Å². The quantitative estimate of drug-likeness (QED) is 0.794. The fourth-order valence-corrected chi connectivity index (χ4v) is 2.13. The molecule has 0 heterocycles. The summed E-state index contributed by atoms with van der Waals surface area (Å²) < 4.78 is 9.85. The SMILES string of the molecule is COC(=O)Nc1ccc(CNC(=O)COc2ccc(Cl)c(Cl)c2)cc1. The Morgan fingerprint density at radius 2 is 1.76 bits per heavy atom. The van der Waals surface area contributed by atoms with Crippen LogP contribution in [0.4, 0.5) is 10.5 Å². The minimum absolute atomic E-state index is 0.139. The number of nitrogens with one attached hydrogen (secondary N) is 2. The first-order valence-electron chi connectivity index (χ1n) is 7.26. The normalized spacial score (nSPS) is 10.0. The van der Waals surface area contributed by atoms with E-state index in [0.717, 1.165) is 5.56 Å². The average molecular weight is 383 g/mol. The third-order valence-corrected chi connectivity index (χ3v) is 3.88. The van der Waals surface area contributed by atoms with Gasteiger partial charge in [-0.25, -0.2) is 4.79 Å². The molecule has 0 aliphatic rings. The lowest BCUT2D eigenvalue weighted by atomic mass is 10.2. The summed E-state index contributed by atoms with van der Waals surface area (Å²) in [4.78, 5) is 22.9. The Morgan fingerprint density at radius 3 is 2.40 bits per heavy atom. The van der Waals surface area contributed by atoms with Crippen molar-refractivity contribution in [1.82, 2.24) is 5.32 Å². The molecule has 0 aliphatic carbocycles. The van der Waals surface area contributed by atoms with E-state index in [4.69, 9.17) is 27.9 Å². The van der Waals surface area contributed by atoms with Gasteiger partial charge in [0.2, 0.25) is 0 Å². The maximum Gasteiger partial charge on any atom is 0.411 e. The molecule has 0 bridgehead atoms. The Bertz CT molecular complexity index is 751. The maximum atomic E-state index is 11.8. The Balaban J connectivity index is 1.77. The number of halogens is 2. The molecule has 2 aromatic rings. The molecule has 0 aliphatic heterocycles. The van der Waals surface area contributed by atoms with Crippen molar-refractivity contribution in [3.63, 3.8) is 0 Å². The van der Waals surface area contributed by atoms with E-state index in [1.54, 1.807) is 42.5 Å². The zero-order chi connectivity index (χ0) is 18.2. The first-order chi connectivity index (χ1) is 12.0. The van der Waals surface area contributed by atoms with Crippen molar-refractivity contribution < 1.29 is 19.1 Å². The summed E-state index contributed by atoms with van der Waals surface area (Å²) in [5, 5.41) is 6.05. The molecule has 8 heteroatoms. The molecule has 2 rings (SSSR count). The smallest absolute Gasteiger partial charge is 0.411 e. The fraction of sp³-hybridized carbons (Fsp3) is 0.176. The van der Waals surface area contributed by atoms with Crippen molar-refractivity contribution in [3.8, 4) is 5.75 Å². The predicted octanol–water partition coefficient (Wildman–Crippen LogP) is 3.87. The molecule has 0 saturated heterocycles. The summed E-state index contributed by atoms with van der Waals surface area (Å²) in [6.45, 7) is 0.196. The van der Waals surface area contributed by atoms with Crippen molar-refractivity contribution in [3.05, 3.63) is 58.1 Å². The molecule has 0 unspecified atom stereocenters. The molecule has 2 amide bonds. The second-order valence-corrected chi connectivity index (χ2v) is 5.77. The Hall–Kier alpha value is -2.44. The van der Waals surface area contributed by atoms with Crippen molar-refractivity contribution in [1.29, 1.82) is 0 Å². The molecule has 6 nitrogen and oxygen atoms in total. The minimum Gasteiger partial charge on any atom is -0.484 e. The Kier molecular flexibility index (Phi) is 6.91. The average Bonchev–Trinajstić information content (AvgIpc) is 2.62. The van der Waals surface area contributed by atoms with Crippen LogP contribution in [0.25, 0.3) is 0 Å². The lowest BCUT2D eigenvalue weighted by Gasteiger charge is -2.09. The molecular formula is C17H16Cl2N2O4. The first-order valence-corrected chi connectivity index (χ1v) is 8.02. The summed E-state index contributed by atoms with van der Waals surface area (Å²) in [6.07, 6.45) is -0.541. The van der Waals surface area contributed by atoms with Crippen LogP contribution in [-0.4, -0.2) is 25.7 Å². The number of ether oxygens (including phenoxy) is 2. The minimum atomic E-state index is -0.541. The van der Waals surface area contributed by atoms with Crippen molar-refractivity contribution in [2.24, 2.45) is 0 Å².